The highest BCUT2D eigenvalue weighted by Gasteiger charge is 2.16. The van der Waals surface area contributed by atoms with Crippen LogP contribution < -0.4 is 10.1 Å². The van der Waals surface area contributed by atoms with Gasteiger partial charge in [0, 0.05) is 25.3 Å². The van der Waals surface area contributed by atoms with Crippen molar-refractivity contribution in [1.29, 1.82) is 0 Å². The van der Waals surface area contributed by atoms with Gasteiger partial charge in [-0.2, -0.15) is 5.10 Å². The van der Waals surface area contributed by atoms with Crippen molar-refractivity contribution in [3.8, 4) is 5.75 Å². The molecule has 1 aromatic heterocycles. The Morgan fingerprint density at radius 1 is 1.48 bits per heavy atom. The summed E-state index contributed by atoms with van der Waals surface area (Å²) < 4.78 is 25.8. The number of rotatable bonds is 8. The van der Waals surface area contributed by atoms with E-state index in [0.29, 0.717) is 37.4 Å². The molecule has 1 aliphatic heterocycles. The lowest BCUT2D eigenvalue weighted by Crippen LogP contribution is -2.15. The van der Waals surface area contributed by atoms with Gasteiger partial charge >= 0.3 is 0 Å². The average molecular weight is 347 g/mol. The van der Waals surface area contributed by atoms with Gasteiger partial charge in [0.1, 0.15) is 11.6 Å². The first-order chi connectivity index (χ1) is 12.2. The smallest absolute Gasteiger partial charge is 0.224 e. The molecule has 0 saturated carbocycles. The maximum Gasteiger partial charge on any atom is 0.224 e. The Kier molecular flexibility index (Phi) is 6.00. The van der Waals surface area contributed by atoms with Crippen LogP contribution in [0.3, 0.4) is 0 Å². The van der Waals surface area contributed by atoms with Crippen LogP contribution in [-0.2, 0) is 16.1 Å². The van der Waals surface area contributed by atoms with E-state index in [0.717, 1.165) is 19.4 Å². The SMILES string of the molecule is O=C(CCCOc1cccc(F)c1)Nc1cnn(C[C@H]2CCCO2)c1. The molecule has 134 valence electrons. The second kappa shape index (κ2) is 8.62. The number of amides is 1. The van der Waals surface area contributed by atoms with E-state index in [4.69, 9.17) is 9.47 Å². The fourth-order valence-electron chi connectivity index (χ4n) is 2.73. The molecular formula is C18H22FN3O3. The third-order valence-electron chi connectivity index (χ3n) is 3.94. The fraction of sp³-hybridized carbons (Fsp3) is 0.444. The first kappa shape index (κ1) is 17.4. The number of hydrogen-bond donors (Lipinski definition) is 1. The third-order valence-corrected chi connectivity index (χ3v) is 3.94. The van der Waals surface area contributed by atoms with E-state index in [1.54, 1.807) is 23.0 Å². The molecule has 1 fully saturated rings. The minimum atomic E-state index is -0.338. The van der Waals surface area contributed by atoms with Crippen LogP contribution in [0.25, 0.3) is 0 Å². The zero-order valence-corrected chi connectivity index (χ0v) is 14.0. The standard InChI is InChI=1S/C18H22FN3O3/c19-14-4-1-5-16(10-14)24-9-3-7-18(23)21-15-11-20-22(12-15)13-17-6-2-8-25-17/h1,4-5,10-12,17H,2-3,6-9,13H2,(H,21,23)/t17-/m1/s1. The number of benzene rings is 1. The molecule has 0 aliphatic carbocycles. The van der Waals surface area contributed by atoms with Crippen molar-refractivity contribution in [1.82, 2.24) is 9.78 Å². The third kappa shape index (κ3) is 5.56. The van der Waals surface area contributed by atoms with Gasteiger partial charge in [-0.25, -0.2) is 4.39 Å². The van der Waals surface area contributed by atoms with Gasteiger partial charge < -0.3 is 14.8 Å². The zero-order valence-electron chi connectivity index (χ0n) is 14.0. The Balaban J connectivity index is 1.35. The summed E-state index contributed by atoms with van der Waals surface area (Å²) >= 11 is 0. The zero-order chi connectivity index (χ0) is 17.5. The number of carbonyl (C=O) groups is 1. The van der Waals surface area contributed by atoms with E-state index in [2.05, 4.69) is 10.4 Å². The summed E-state index contributed by atoms with van der Waals surface area (Å²) in [6.45, 7) is 1.87. The molecule has 0 unspecified atom stereocenters. The van der Waals surface area contributed by atoms with Crippen LogP contribution in [-0.4, -0.2) is 35.0 Å². The predicted octanol–water partition coefficient (Wildman–Crippen LogP) is 3.00. The van der Waals surface area contributed by atoms with Crippen molar-refractivity contribution < 1.29 is 18.7 Å². The number of anilines is 1. The quantitative estimate of drug-likeness (QED) is 0.746. The number of halogens is 1. The van der Waals surface area contributed by atoms with Gasteiger partial charge in [-0.05, 0) is 31.4 Å². The molecule has 3 rings (SSSR count). The lowest BCUT2D eigenvalue weighted by atomic mass is 10.2. The predicted molar refractivity (Wildman–Crippen MR) is 91.0 cm³/mol. The van der Waals surface area contributed by atoms with E-state index in [9.17, 15) is 9.18 Å². The molecule has 1 atom stereocenters. The number of aromatic nitrogens is 2. The van der Waals surface area contributed by atoms with Crippen LogP contribution in [0.1, 0.15) is 25.7 Å². The highest BCUT2D eigenvalue weighted by Crippen LogP contribution is 2.15. The normalized spacial score (nSPS) is 16.8. The summed E-state index contributed by atoms with van der Waals surface area (Å²) in [4.78, 5) is 11.9. The molecular weight excluding hydrogens is 325 g/mol. The Bertz CT molecular complexity index is 698. The lowest BCUT2D eigenvalue weighted by Gasteiger charge is -2.08. The summed E-state index contributed by atoms with van der Waals surface area (Å²) in [5, 5.41) is 7.06. The Morgan fingerprint density at radius 2 is 2.40 bits per heavy atom. The molecule has 1 aromatic carbocycles. The molecule has 0 radical (unpaired) electrons. The molecule has 0 spiro atoms. The van der Waals surface area contributed by atoms with Crippen molar-refractivity contribution in [2.24, 2.45) is 0 Å². The number of nitrogens with one attached hydrogen (secondary N) is 1. The van der Waals surface area contributed by atoms with Gasteiger partial charge in [0.05, 0.1) is 31.1 Å². The van der Waals surface area contributed by atoms with Gasteiger partial charge in [0.15, 0.2) is 0 Å². The summed E-state index contributed by atoms with van der Waals surface area (Å²) in [5.74, 6) is 0.0329. The Labute approximate surface area is 145 Å². The molecule has 7 heteroatoms. The maximum atomic E-state index is 13.0. The van der Waals surface area contributed by atoms with E-state index in [1.165, 1.54) is 12.1 Å². The van der Waals surface area contributed by atoms with E-state index >= 15 is 0 Å². The molecule has 6 nitrogen and oxygen atoms in total. The van der Waals surface area contributed by atoms with Crippen LogP contribution in [0.5, 0.6) is 5.75 Å². The summed E-state index contributed by atoms with van der Waals surface area (Å²) in [6.07, 6.45) is 6.67. The van der Waals surface area contributed by atoms with Crippen LogP contribution in [0.15, 0.2) is 36.7 Å². The van der Waals surface area contributed by atoms with Gasteiger partial charge in [-0.15, -0.1) is 0 Å². The van der Waals surface area contributed by atoms with Crippen LogP contribution >= 0.6 is 0 Å². The molecule has 1 aliphatic rings. The first-order valence-electron chi connectivity index (χ1n) is 8.51. The fourth-order valence-corrected chi connectivity index (χ4v) is 2.73. The minimum Gasteiger partial charge on any atom is -0.493 e. The molecule has 0 bridgehead atoms. The lowest BCUT2D eigenvalue weighted by molar-refractivity contribution is -0.116. The Hall–Kier alpha value is -2.41. The van der Waals surface area contributed by atoms with E-state index in [-0.39, 0.29) is 17.8 Å². The molecule has 1 saturated heterocycles. The summed E-state index contributed by atoms with van der Waals surface area (Å²) in [6, 6.07) is 5.96. The highest BCUT2D eigenvalue weighted by molar-refractivity contribution is 5.90. The number of ether oxygens (including phenoxy) is 2. The first-order valence-corrected chi connectivity index (χ1v) is 8.51. The maximum absolute atomic E-state index is 13.0. The molecule has 1 N–H and O–H groups in total. The molecule has 2 aromatic rings. The molecule has 2 heterocycles. The number of carbonyl (C=O) groups excluding carboxylic acids is 1. The van der Waals surface area contributed by atoms with Crippen LogP contribution in [0.2, 0.25) is 0 Å². The minimum absolute atomic E-state index is 0.0977. The van der Waals surface area contributed by atoms with Crippen LogP contribution in [0, 0.1) is 5.82 Å². The average Bonchev–Trinajstić information content (AvgIpc) is 3.24. The van der Waals surface area contributed by atoms with Crippen molar-refractivity contribution in [3.05, 3.63) is 42.5 Å². The van der Waals surface area contributed by atoms with Gasteiger partial charge in [-0.3, -0.25) is 9.48 Å². The number of hydrogen-bond acceptors (Lipinski definition) is 4. The van der Waals surface area contributed by atoms with Crippen molar-refractivity contribution in [2.75, 3.05) is 18.5 Å². The number of nitrogens with zero attached hydrogens (tertiary/aromatic N) is 2. The second-order valence-electron chi connectivity index (χ2n) is 6.04. The monoisotopic (exact) mass is 347 g/mol. The largest absolute Gasteiger partial charge is 0.493 e. The molecule has 25 heavy (non-hydrogen) atoms. The van der Waals surface area contributed by atoms with Crippen molar-refractivity contribution in [2.45, 2.75) is 38.3 Å². The van der Waals surface area contributed by atoms with Gasteiger partial charge in [-0.1, -0.05) is 6.07 Å². The topological polar surface area (TPSA) is 65.4 Å². The molecule has 1 amide bonds. The van der Waals surface area contributed by atoms with Gasteiger partial charge in [0.25, 0.3) is 0 Å². The Morgan fingerprint density at radius 3 is 3.20 bits per heavy atom. The van der Waals surface area contributed by atoms with E-state index in [1.807, 2.05) is 6.20 Å². The van der Waals surface area contributed by atoms with Crippen molar-refractivity contribution >= 4 is 11.6 Å². The summed E-state index contributed by atoms with van der Waals surface area (Å²) in [7, 11) is 0. The highest BCUT2D eigenvalue weighted by atomic mass is 19.1. The van der Waals surface area contributed by atoms with Gasteiger partial charge in [0.2, 0.25) is 5.91 Å². The van der Waals surface area contributed by atoms with E-state index < -0.39 is 0 Å². The second-order valence-corrected chi connectivity index (χ2v) is 6.04. The summed E-state index contributed by atoms with van der Waals surface area (Å²) in [5.41, 5.74) is 0.675. The van der Waals surface area contributed by atoms with Crippen LogP contribution in [0.4, 0.5) is 10.1 Å². The van der Waals surface area contributed by atoms with Crippen molar-refractivity contribution in [3.63, 3.8) is 0 Å².